The lowest BCUT2D eigenvalue weighted by molar-refractivity contribution is 0.0261. The Bertz CT molecular complexity index is 1660. The highest BCUT2D eigenvalue weighted by molar-refractivity contribution is 7.92. The van der Waals surface area contributed by atoms with E-state index in [1.54, 1.807) is 12.3 Å². The fraction of sp³-hybridized carbons (Fsp3) is 0.269. The summed E-state index contributed by atoms with van der Waals surface area (Å²) in [7, 11) is -2.84. The molecule has 0 saturated carbocycles. The summed E-state index contributed by atoms with van der Waals surface area (Å²) in [6.45, 7) is 3.02. The van der Waals surface area contributed by atoms with Gasteiger partial charge in [0.05, 0.1) is 31.0 Å². The maximum absolute atomic E-state index is 13.5. The number of nitrogens with two attached hydrogens (primary N) is 1. The summed E-state index contributed by atoms with van der Waals surface area (Å²) in [5, 5.41) is 0.463. The lowest BCUT2D eigenvalue weighted by atomic mass is 10.0. The number of sulfonamides is 1. The number of nitrogen functional groups attached to an aromatic ring is 1. The number of methoxy groups -OCH3 is 1. The predicted molar refractivity (Wildman–Crippen MR) is 145 cm³/mol. The summed E-state index contributed by atoms with van der Waals surface area (Å²) in [6, 6.07) is 8.27. The number of fused-ring (bicyclic) bond motifs is 1. The molecular weight excluding hydrogens is 549 g/mol. The number of hydrogen-bond donors (Lipinski definition) is 2. The van der Waals surface area contributed by atoms with Crippen LogP contribution in [0.2, 0.25) is 5.02 Å². The Morgan fingerprint density at radius 2 is 1.90 bits per heavy atom. The fourth-order valence-electron chi connectivity index (χ4n) is 4.34. The van der Waals surface area contributed by atoms with Crippen LogP contribution in [0.5, 0.6) is 11.6 Å². The maximum atomic E-state index is 13.5. The average Bonchev–Trinajstić information content (AvgIpc) is 2.89. The molecule has 0 atom stereocenters. The lowest BCUT2D eigenvalue weighted by Gasteiger charge is -2.24. The van der Waals surface area contributed by atoms with Crippen LogP contribution in [0.3, 0.4) is 0 Å². The van der Waals surface area contributed by atoms with Gasteiger partial charge >= 0.3 is 0 Å². The topological polar surface area (TPSA) is 139 Å². The Morgan fingerprint density at radius 1 is 1.13 bits per heavy atom. The monoisotopic (exact) mass is 573 g/mol. The van der Waals surface area contributed by atoms with Gasteiger partial charge in [-0.15, -0.1) is 0 Å². The van der Waals surface area contributed by atoms with Gasteiger partial charge in [0.25, 0.3) is 10.0 Å². The molecule has 1 aliphatic rings. The number of pyridine rings is 1. The van der Waals surface area contributed by atoms with Crippen LogP contribution in [0.1, 0.15) is 18.5 Å². The molecular formula is C26H25ClFN5O5S. The Hall–Kier alpha value is -3.74. The zero-order valence-electron chi connectivity index (χ0n) is 21.1. The summed E-state index contributed by atoms with van der Waals surface area (Å²) >= 11 is 6.01. The molecule has 0 amide bonds. The van der Waals surface area contributed by atoms with Crippen LogP contribution < -0.4 is 19.9 Å². The van der Waals surface area contributed by atoms with Crippen LogP contribution in [-0.2, 0) is 14.8 Å². The number of rotatable bonds is 7. The zero-order valence-corrected chi connectivity index (χ0v) is 22.6. The van der Waals surface area contributed by atoms with Gasteiger partial charge in [-0.05, 0) is 48.9 Å². The number of nitrogens with one attached hydrogen (secondary N) is 1. The molecule has 204 valence electrons. The second-order valence-electron chi connectivity index (χ2n) is 8.93. The summed E-state index contributed by atoms with van der Waals surface area (Å²) in [5.41, 5.74) is 8.47. The number of ether oxygens (including phenoxy) is 3. The van der Waals surface area contributed by atoms with Crippen molar-refractivity contribution in [1.82, 2.24) is 15.0 Å². The van der Waals surface area contributed by atoms with Crippen molar-refractivity contribution >= 4 is 44.2 Å². The molecule has 0 unspecified atom stereocenters. The number of aromatic nitrogens is 3. The van der Waals surface area contributed by atoms with Gasteiger partial charge in [0.1, 0.15) is 33.8 Å². The minimum Gasteiger partial charge on any atom is -0.488 e. The minimum absolute atomic E-state index is 0.0346. The fourth-order valence-corrected chi connectivity index (χ4v) is 5.92. The van der Waals surface area contributed by atoms with E-state index in [-0.39, 0.29) is 33.5 Å². The van der Waals surface area contributed by atoms with Gasteiger partial charge in [-0.3, -0.25) is 4.72 Å². The summed E-state index contributed by atoms with van der Waals surface area (Å²) in [4.78, 5) is 12.7. The quantitative estimate of drug-likeness (QED) is 0.321. The third-order valence-electron chi connectivity index (χ3n) is 6.24. The lowest BCUT2D eigenvalue weighted by Crippen LogP contribution is -2.26. The van der Waals surface area contributed by atoms with Crippen molar-refractivity contribution in [1.29, 1.82) is 0 Å². The Morgan fingerprint density at radius 3 is 2.62 bits per heavy atom. The van der Waals surface area contributed by atoms with Crippen LogP contribution in [0, 0.1) is 12.7 Å². The molecule has 1 saturated heterocycles. The summed E-state index contributed by atoms with van der Waals surface area (Å²) in [6.07, 6.45) is 2.94. The second kappa shape index (κ2) is 10.8. The number of aryl methyl sites for hydroxylation is 1. The van der Waals surface area contributed by atoms with Crippen molar-refractivity contribution in [3.8, 4) is 22.8 Å². The molecule has 0 bridgehead atoms. The van der Waals surface area contributed by atoms with E-state index in [0.29, 0.717) is 41.3 Å². The number of anilines is 2. The molecule has 0 spiro atoms. The molecule has 4 aromatic rings. The first-order valence-electron chi connectivity index (χ1n) is 12.0. The van der Waals surface area contributed by atoms with Crippen LogP contribution in [-0.4, -0.2) is 49.8 Å². The SMILES string of the molecule is COc1ncc(-c2cc(OC3CCOCC3)c3nc(N)nc(C)c3c2)cc1NS(=O)(=O)c1ccc(F)cc1Cl. The van der Waals surface area contributed by atoms with Gasteiger partial charge in [-0.2, -0.15) is 0 Å². The summed E-state index contributed by atoms with van der Waals surface area (Å²) < 4.78 is 59.3. The molecule has 10 nitrogen and oxygen atoms in total. The Kier molecular flexibility index (Phi) is 7.43. The first kappa shape index (κ1) is 26.9. The van der Waals surface area contributed by atoms with Gasteiger partial charge in [0, 0.05) is 30.0 Å². The van der Waals surface area contributed by atoms with Gasteiger partial charge in [-0.25, -0.2) is 27.8 Å². The molecule has 1 fully saturated rings. The van der Waals surface area contributed by atoms with E-state index in [1.807, 2.05) is 19.1 Å². The van der Waals surface area contributed by atoms with E-state index in [2.05, 4.69) is 19.7 Å². The van der Waals surface area contributed by atoms with Gasteiger partial charge in [0.2, 0.25) is 11.8 Å². The first-order chi connectivity index (χ1) is 18.6. The first-order valence-corrected chi connectivity index (χ1v) is 13.9. The molecule has 39 heavy (non-hydrogen) atoms. The number of hydrogen-bond acceptors (Lipinski definition) is 9. The molecule has 13 heteroatoms. The molecule has 3 heterocycles. The smallest absolute Gasteiger partial charge is 0.263 e. The number of benzene rings is 2. The predicted octanol–water partition coefficient (Wildman–Crippen LogP) is 4.74. The van der Waals surface area contributed by atoms with Crippen molar-refractivity contribution in [2.24, 2.45) is 0 Å². The zero-order chi connectivity index (χ0) is 27.7. The van der Waals surface area contributed by atoms with Crippen LogP contribution in [0.15, 0.2) is 47.5 Å². The van der Waals surface area contributed by atoms with E-state index in [9.17, 15) is 12.8 Å². The normalized spacial score (nSPS) is 14.4. The van der Waals surface area contributed by atoms with Crippen molar-refractivity contribution in [3.63, 3.8) is 0 Å². The number of nitrogens with zero attached hydrogens (tertiary/aromatic N) is 3. The third-order valence-corrected chi connectivity index (χ3v) is 8.09. The van der Waals surface area contributed by atoms with Crippen molar-refractivity contribution < 1.29 is 27.0 Å². The third kappa shape index (κ3) is 5.68. The van der Waals surface area contributed by atoms with Crippen molar-refractivity contribution in [2.75, 3.05) is 30.8 Å². The molecule has 1 aliphatic heterocycles. The average molecular weight is 574 g/mol. The van der Waals surface area contributed by atoms with Crippen molar-refractivity contribution in [2.45, 2.75) is 30.8 Å². The van der Waals surface area contributed by atoms with Gasteiger partial charge in [-0.1, -0.05) is 11.6 Å². The van der Waals surface area contributed by atoms with E-state index < -0.39 is 15.8 Å². The molecule has 0 aliphatic carbocycles. The van der Waals surface area contributed by atoms with Crippen LogP contribution in [0.25, 0.3) is 22.0 Å². The van der Waals surface area contributed by atoms with E-state index >= 15 is 0 Å². The minimum atomic E-state index is -4.20. The molecule has 3 N–H and O–H groups in total. The van der Waals surface area contributed by atoms with Gasteiger partial charge < -0.3 is 19.9 Å². The van der Waals surface area contributed by atoms with Gasteiger partial charge in [0.15, 0.2) is 0 Å². The molecule has 2 aromatic carbocycles. The van der Waals surface area contributed by atoms with Crippen molar-refractivity contribution in [3.05, 3.63) is 59.1 Å². The van der Waals surface area contributed by atoms with Crippen LogP contribution in [0.4, 0.5) is 16.0 Å². The highest BCUT2D eigenvalue weighted by Gasteiger charge is 2.23. The number of halogens is 2. The Balaban J connectivity index is 1.59. The highest BCUT2D eigenvalue weighted by Crippen LogP contribution is 2.37. The van der Waals surface area contributed by atoms with Crippen LogP contribution >= 0.6 is 11.6 Å². The van der Waals surface area contributed by atoms with E-state index in [1.165, 1.54) is 7.11 Å². The molecule has 5 rings (SSSR count). The molecule has 2 aromatic heterocycles. The maximum Gasteiger partial charge on any atom is 0.263 e. The molecule has 0 radical (unpaired) electrons. The second-order valence-corrected chi connectivity index (χ2v) is 11.0. The standard InChI is InChI=1S/C26H25ClFN5O5S/c1-14-19-9-15(11-22(24(19)32-26(29)31-14)38-18-5-7-37-8-6-18)16-10-21(25(36-2)30-13-16)33-39(34,35)23-4-3-17(28)12-20(23)27/h3-4,9-13,18,33H,5-8H2,1-2H3,(H2,29,31,32). The highest BCUT2D eigenvalue weighted by atomic mass is 35.5. The van der Waals surface area contributed by atoms with E-state index in [0.717, 1.165) is 36.4 Å². The summed E-state index contributed by atoms with van der Waals surface area (Å²) in [5.74, 6) is 0.0260. The Labute approximate surface area is 229 Å². The largest absolute Gasteiger partial charge is 0.488 e. The van der Waals surface area contributed by atoms with E-state index in [4.69, 9.17) is 31.5 Å².